The quantitative estimate of drug-likeness (QED) is 0.871. The van der Waals surface area contributed by atoms with Gasteiger partial charge in [0.2, 0.25) is 5.88 Å². The number of nitrogens with one attached hydrogen (secondary N) is 1. The summed E-state index contributed by atoms with van der Waals surface area (Å²) in [5.41, 5.74) is 2.42. The molecule has 0 aromatic carbocycles. The van der Waals surface area contributed by atoms with Crippen molar-refractivity contribution in [3.05, 3.63) is 23.4 Å². The van der Waals surface area contributed by atoms with Gasteiger partial charge in [-0.25, -0.2) is 4.98 Å². The highest BCUT2D eigenvalue weighted by Gasteiger charge is 2.19. The normalized spacial score (nSPS) is 14.1. The molecule has 0 amide bonds. The molecule has 21 heavy (non-hydrogen) atoms. The van der Waals surface area contributed by atoms with E-state index in [-0.39, 0.29) is 17.1 Å². The molecule has 3 nitrogen and oxygen atoms in total. The van der Waals surface area contributed by atoms with Gasteiger partial charge in [0.1, 0.15) is 0 Å². The SMILES string of the molecule is CCC(C)Oc1cc(CNC(C)(C)C)cc(C(C)(C)C)n1. The van der Waals surface area contributed by atoms with Gasteiger partial charge in [-0.3, -0.25) is 0 Å². The fourth-order valence-corrected chi connectivity index (χ4v) is 1.76. The monoisotopic (exact) mass is 292 g/mol. The molecular weight excluding hydrogens is 260 g/mol. The Labute approximate surface area is 130 Å². The van der Waals surface area contributed by atoms with Crippen molar-refractivity contribution in [3.8, 4) is 5.88 Å². The second-order valence-electron chi connectivity index (χ2n) is 7.89. The molecule has 0 radical (unpaired) electrons. The number of hydrogen-bond donors (Lipinski definition) is 1. The largest absolute Gasteiger partial charge is 0.475 e. The van der Waals surface area contributed by atoms with E-state index in [1.54, 1.807) is 0 Å². The predicted molar refractivity (Wildman–Crippen MR) is 89.9 cm³/mol. The van der Waals surface area contributed by atoms with Crippen LogP contribution >= 0.6 is 0 Å². The van der Waals surface area contributed by atoms with Crippen molar-refractivity contribution in [2.24, 2.45) is 0 Å². The van der Waals surface area contributed by atoms with Gasteiger partial charge in [-0.1, -0.05) is 27.7 Å². The van der Waals surface area contributed by atoms with E-state index in [1.165, 1.54) is 5.56 Å². The molecule has 1 unspecified atom stereocenters. The first-order chi connectivity index (χ1) is 9.51. The molecule has 3 heteroatoms. The molecule has 1 aromatic heterocycles. The van der Waals surface area contributed by atoms with Gasteiger partial charge >= 0.3 is 0 Å². The number of pyridine rings is 1. The zero-order valence-corrected chi connectivity index (χ0v) is 15.0. The van der Waals surface area contributed by atoms with Gasteiger partial charge in [0.05, 0.1) is 11.8 Å². The summed E-state index contributed by atoms with van der Waals surface area (Å²) in [4.78, 5) is 4.69. The van der Waals surface area contributed by atoms with Crippen LogP contribution in [0, 0.1) is 0 Å². The topological polar surface area (TPSA) is 34.1 Å². The Bertz CT molecular complexity index is 455. The number of aromatic nitrogens is 1. The second-order valence-corrected chi connectivity index (χ2v) is 7.89. The molecule has 0 aliphatic carbocycles. The summed E-state index contributed by atoms with van der Waals surface area (Å²) in [6.07, 6.45) is 1.17. The Morgan fingerprint density at radius 2 is 1.76 bits per heavy atom. The fourth-order valence-electron chi connectivity index (χ4n) is 1.76. The maximum Gasteiger partial charge on any atom is 0.214 e. The maximum absolute atomic E-state index is 5.93. The summed E-state index contributed by atoms with van der Waals surface area (Å²) in [6.45, 7) is 18.1. The third-order valence-corrected chi connectivity index (χ3v) is 3.35. The average molecular weight is 292 g/mol. The molecule has 0 saturated carbocycles. The predicted octanol–water partition coefficient (Wildman–Crippen LogP) is 4.44. The van der Waals surface area contributed by atoms with Crippen LogP contribution in [0.5, 0.6) is 5.88 Å². The first-order valence-electron chi connectivity index (χ1n) is 7.94. The summed E-state index contributed by atoms with van der Waals surface area (Å²) >= 11 is 0. The Kier molecular flexibility index (Phi) is 5.80. The number of hydrogen-bond acceptors (Lipinski definition) is 3. The summed E-state index contributed by atoms with van der Waals surface area (Å²) in [5.74, 6) is 0.738. The molecule has 1 N–H and O–H groups in total. The molecule has 1 heterocycles. The zero-order chi connectivity index (χ0) is 16.3. The highest BCUT2D eigenvalue weighted by Crippen LogP contribution is 2.25. The van der Waals surface area contributed by atoms with E-state index in [0.29, 0.717) is 0 Å². The molecule has 0 aliphatic heterocycles. The van der Waals surface area contributed by atoms with Crippen LogP contribution in [0.4, 0.5) is 0 Å². The molecule has 1 aromatic rings. The van der Waals surface area contributed by atoms with Crippen molar-refractivity contribution < 1.29 is 4.74 Å². The van der Waals surface area contributed by atoms with Gasteiger partial charge in [-0.15, -0.1) is 0 Å². The lowest BCUT2D eigenvalue weighted by Crippen LogP contribution is -2.35. The number of ether oxygens (including phenoxy) is 1. The van der Waals surface area contributed by atoms with Gasteiger partial charge in [-0.05, 0) is 45.7 Å². The molecule has 120 valence electrons. The molecule has 1 atom stereocenters. The van der Waals surface area contributed by atoms with Crippen LogP contribution in [0.1, 0.15) is 73.1 Å². The van der Waals surface area contributed by atoms with Crippen molar-refractivity contribution in [1.82, 2.24) is 10.3 Å². The fraction of sp³-hybridized carbons (Fsp3) is 0.722. The first-order valence-corrected chi connectivity index (χ1v) is 7.94. The van der Waals surface area contributed by atoms with E-state index >= 15 is 0 Å². The Balaban J connectivity index is 3.03. The second kappa shape index (κ2) is 6.78. The molecule has 0 bridgehead atoms. The number of nitrogens with zero attached hydrogens (tertiary/aromatic N) is 1. The van der Waals surface area contributed by atoms with Gasteiger partial charge in [0.15, 0.2) is 0 Å². The first kappa shape index (κ1) is 18.0. The third-order valence-electron chi connectivity index (χ3n) is 3.35. The molecule has 0 aliphatic rings. The van der Waals surface area contributed by atoms with Crippen LogP contribution in [-0.4, -0.2) is 16.6 Å². The van der Waals surface area contributed by atoms with Crippen LogP contribution in [0.15, 0.2) is 12.1 Å². The molecular formula is C18H32N2O. The van der Waals surface area contributed by atoms with Crippen molar-refractivity contribution >= 4 is 0 Å². The average Bonchev–Trinajstić information content (AvgIpc) is 2.34. The van der Waals surface area contributed by atoms with Crippen molar-refractivity contribution in [3.63, 3.8) is 0 Å². The van der Waals surface area contributed by atoms with Crippen molar-refractivity contribution in [2.75, 3.05) is 0 Å². The lowest BCUT2D eigenvalue weighted by molar-refractivity contribution is 0.207. The van der Waals surface area contributed by atoms with Gasteiger partial charge in [0.25, 0.3) is 0 Å². The van der Waals surface area contributed by atoms with Gasteiger partial charge in [-0.2, -0.15) is 0 Å². The van der Waals surface area contributed by atoms with Crippen molar-refractivity contribution in [2.45, 2.75) is 85.4 Å². The van der Waals surface area contributed by atoms with Crippen LogP contribution in [0.25, 0.3) is 0 Å². The molecule has 1 rings (SSSR count). The van der Waals surface area contributed by atoms with Crippen LogP contribution in [-0.2, 0) is 12.0 Å². The van der Waals surface area contributed by atoms with Crippen LogP contribution in [0.3, 0.4) is 0 Å². The highest BCUT2D eigenvalue weighted by molar-refractivity contribution is 5.28. The summed E-state index contributed by atoms with van der Waals surface area (Å²) in [5, 5.41) is 3.53. The van der Waals surface area contributed by atoms with E-state index in [0.717, 1.165) is 24.5 Å². The van der Waals surface area contributed by atoms with Crippen LogP contribution in [0.2, 0.25) is 0 Å². The molecule has 0 spiro atoms. The lowest BCUT2D eigenvalue weighted by Gasteiger charge is -2.24. The van der Waals surface area contributed by atoms with Gasteiger partial charge < -0.3 is 10.1 Å². The summed E-state index contributed by atoms with van der Waals surface area (Å²) in [6, 6.07) is 4.24. The number of rotatable bonds is 5. The Morgan fingerprint density at radius 1 is 1.14 bits per heavy atom. The highest BCUT2D eigenvalue weighted by atomic mass is 16.5. The van der Waals surface area contributed by atoms with E-state index in [1.807, 2.05) is 0 Å². The van der Waals surface area contributed by atoms with E-state index in [9.17, 15) is 0 Å². The standard InChI is InChI=1S/C18H32N2O/c1-9-13(2)21-16-11-14(12-19-18(6,7)8)10-15(20-16)17(3,4)5/h10-11,13,19H,9,12H2,1-8H3. The minimum Gasteiger partial charge on any atom is -0.475 e. The third kappa shape index (κ3) is 6.47. The molecule has 0 fully saturated rings. The smallest absolute Gasteiger partial charge is 0.214 e. The van der Waals surface area contributed by atoms with E-state index in [4.69, 9.17) is 4.74 Å². The van der Waals surface area contributed by atoms with E-state index in [2.05, 4.69) is 77.8 Å². The summed E-state index contributed by atoms with van der Waals surface area (Å²) < 4.78 is 5.93. The van der Waals surface area contributed by atoms with Crippen LogP contribution < -0.4 is 10.1 Å². The zero-order valence-electron chi connectivity index (χ0n) is 15.0. The maximum atomic E-state index is 5.93. The minimum atomic E-state index is 0.0192. The summed E-state index contributed by atoms with van der Waals surface area (Å²) in [7, 11) is 0. The lowest BCUT2D eigenvalue weighted by atomic mass is 9.90. The Morgan fingerprint density at radius 3 is 2.24 bits per heavy atom. The molecule has 0 saturated heterocycles. The van der Waals surface area contributed by atoms with Gasteiger partial charge in [0, 0.05) is 23.6 Å². The minimum absolute atomic E-state index is 0.0192. The van der Waals surface area contributed by atoms with Crippen molar-refractivity contribution in [1.29, 1.82) is 0 Å². The van der Waals surface area contributed by atoms with E-state index < -0.39 is 0 Å². The Hall–Kier alpha value is -1.09.